The maximum Gasteiger partial charge on any atom is 0.235 e. The Bertz CT molecular complexity index is 2060. The Kier molecular flexibility index (Phi) is 4.72. The van der Waals surface area contributed by atoms with Crippen molar-refractivity contribution in [3.63, 3.8) is 0 Å². The number of nitrogens with zero attached hydrogens (tertiary/aromatic N) is 6. The minimum atomic E-state index is 0.000985. The Hall–Kier alpha value is -4.44. The molecule has 0 atom stereocenters. The van der Waals surface area contributed by atoms with E-state index in [9.17, 15) is 4.79 Å². The van der Waals surface area contributed by atoms with E-state index in [0.717, 1.165) is 84.8 Å². The molecular formula is C28H22N8OS. The van der Waals surface area contributed by atoms with E-state index >= 15 is 0 Å². The monoisotopic (exact) mass is 518 g/mol. The number of pyridine rings is 3. The van der Waals surface area contributed by atoms with E-state index in [1.165, 1.54) is 6.42 Å². The van der Waals surface area contributed by atoms with Crippen molar-refractivity contribution in [1.29, 1.82) is 0 Å². The van der Waals surface area contributed by atoms with Gasteiger partial charge in [0, 0.05) is 39.3 Å². The second-order valence-corrected chi connectivity index (χ2v) is 11.0. The lowest BCUT2D eigenvalue weighted by Crippen LogP contribution is -2.24. The topological polar surface area (TPSA) is 118 Å². The van der Waals surface area contributed by atoms with Gasteiger partial charge in [0.1, 0.15) is 21.6 Å². The van der Waals surface area contributed by atoms with Crippen molar-refractivity contribution in [1.82, 2.24) is 39.7 Å². The van der Waals surface area contributed by atoms with Crippen LogP contribution in [0.5, 0.6) is 0 Å². The molecule has 10 heteroatoms. The van der Waals surface area contributed by atoms with Crippen LogP contribution in [0.2, 0.25) is 0 Å². The van der Waals surface area contributed by atoms with Crippen molar-refractivity contribution in [2.75, 3.05) is 0 Å². The number of rotatable bonds is 1. The predicted molar refractivity (Wildman–Crippen MR) is 149 cm³/mol. The van der Waals surface area contributed by atoms with Crippen molar-refractivity contribution >= 4 is 70.8 Å². The minimum absolute atomic E-state index is 0.000985. The summed E-state index contributed by atoms with van der Waals surface area (Å²) in [5.74, 6) is 0.125. The molecule has 0 unspecified atom stereocenters. The largest absolute Gasteiger partial charge is 0.298 e. The highest BCUT2D eigenvalue weighted by molar-refractivity contribution is 7.24. The zero-order chi connectivity index (χ0) is 25.2. The van der Waals surface area contributed by atoms with Crippen LogP contribution >= 0.6 is 11.3 Å². The van der Waals surface area contributed by atoms with Crippen molar-refractivity contribution < 1.29 is 4.79 Å². The third-order valence-corrected chi connectivity index (χ3v) is 8.70. The number of thiophene rings is 1. The number of carbonyl (C=O) groups excluding carboxylic acids is 1. The Labute approximate surface area is 219 Å². The van der Waals surface area contributed by atoms with Gasteiger partial charge < -0.3 is 0 Å². The molecule has 0 radical (unpaired) electrons. The maximum absolute atomic E-state index is 14.1. The van der Waals surface area contributed by atoms with Crippen LogP contribution in [0.1, 0.15) is 36.9 Å². The maximum atomic E-state index is 14.1. The molecule has 5 aromatic rings. The molecule has 3 aliphatic rings. The van der Waals surface area contributed by atoms with Gasteiger partial charge in [0.15, 0.2) is 5.65 Å². The average Bonchev–Trinajstić information content (AvgIpc) is 3.71. The molecule has 2 aliphatic heterocycles. The summed E-state index contributed by atoms with van der Waals surface area (Å²) in [7, 11) is 0. The molecule has 0 spiro atoms. The van der Waals surface area contributed by atoms with Crippen LogP contribution in [0.4, 0.5) is 0 Å². The number of fused-ring (bicyclic) bond motifs is 9. The van der Waals surface area contributed by atoms with Gasteiger partial charge in [0.05, 0.1) is 35.1 Å². The molecular weight excluding hydrogens is 496 g/mol. The van der Waals surface area contributed by atoms with Gasteiger partial charge in [0.2, 0.25) is 5.91 Å². The standard InChI is InChI=1S/C28H22N8OS/c37-28(15-4-2-1-3-5-15)36-17-8-16(10-29-11-17)20-9-18-21(14-31-20)34-35-26(18)27-32-22-13-30-12-19(25(22)33-27)23-6-7-24(36)38-23/h6-15,34-35H,1-5H2. The first-order valence-corrected chi connectivity index (χ1v) is 13.6. The van der Waals surface area contributed by atoms with Crippen LogP contribution in [0, 0.1) is 5.92 Å². The van der Waals surface area contributed by atoms with Crippen molar-refractivity contribution in [3.05, 3.63) is 55.2 Å². The quantitative estimate of drug-likeness (QED) is 0.260. The van der Waals surface area contributed by atoms with Gasteiger partial charge in [-0.05, 0) is 37.1 Å². The summed E-state index contributed by atoms with van der Waals surface area (Å²) >= 11 is 1.56. The van der Waals surface area contributed by atoms with E-state index in [2.05, 4.69) is 20.2 Å². The van der Waals surface area contributed by atoms with Crippen LogP contribution in [-0.2, 0) is 0 Å². The molecule has 7 heterocycles. The zero-order valence-corrected chi connectivity index (χ0v) is 21.1. The molecule has 8 bridgehead atoms. The fourth-order valence-electron chi connectivity index (χ4n) is 5.65. The highest BCUT2D eigenvalue weighted by Crippen LogP contribution is 2.33. The Morgan fingerprint density at radius 3 is 2.74 bits per heavy atom. The number of carbonyl (C=O) groups is 1. The van der Waals surface area contributed by atoms with Gasteiger partial charge in [-0.3, -0.25) is 34.5 Å². The minimum Gasteiger partial charge on any atom is -0.298 e. The summed E-state index contributed by atoms with van der Waals surface area (Å²) in [5, 5.41) is 8.14. The average molecular weight is 519 g/mol. The van der Waals surface area contributed by atoms with Crippen molar-refractivity contribution in [3.8, 4) is 11.3 Å². The van der Waals surface area contributed by atoms with Crippen LogP contribution in [-0.4, -0.2) is 45.6 Å². The predicted octanol–water partition coefficient (Wildman–Crippen LogP) is 6.40. The lowest BCUT2D eigenvalue weighted by atomic mass is 9.88. The molecule has 0 aromatic carbocycles. The molecule has 8 rings (SSSR count). The smallest absolute Gasteiger partial charge is 0.235 e. The number of hydrogen-bond donors (Lipinski definition) is 2. The van der Waals surface area contributed by atoms with Gasteiger partial charge >= 0.3 is 0 Å². The fourth-order valence-corrected chi connectivity index (χ4v) is 6.69. The first-order chi connectivity index (χ1) is 18.7. The zero-order valence-electron chi connectivity index (χ0n) is 20.3. The van der Waals surface area contributed by atoms with Crippen LogP contribution in [0.3, 0.4) is 0 Å². The normalized spacial score (nSPS) is 14.8. The van der Waals surface area contributed by atoms with Gasteiger partial charge in [-0.15, -0.1) is 11.3 Å². The van der Waals surface area contributed by atoms with Gasteiger partial charge in [-0.25, -0.2) is 9.97 Å². The molecule has 1 fully saturated rings. The number of hydrogen-bond acceptors (Lipinski definition) is 7. The number of aromatic amines is 2. The Morgan fingerprint density at radius 2 is 1.82 bits per heavy atom. The van der Waals surface area contributed by atoms with Crippen LogP contribution in [0.15, 0.2) is 55.2 Å². The lowest BCUT2D eigenvalue weighted by molar-refractivity contribution is 0.0812. The summed E-state index contributed by atoms with van der Waals surface area (Å²) in [5.41, 5.74) is 6.15. The summed E-state index contributed by atoms with van der Waals surface area (Å²) < 4.78 is 2.83. The first-order valence-electron chi connectivity index (χ1n) is 12.8. The fraction of sp³-hybridized carbons (Fsp3) is 0.214. The molecule has 0 amide bonds. The third kappa shape index (κ3) is 3.30. The molecule has 9 nitrogen and oxygen atoms in total. The number of imidazole rings is 1. The van der Waals surface area contributed by atoms with E-state index in [1.807, 2.05) is 35.0 Å². The van der Waals surface area contributed by atoms with Crippen LogP contribution < -0.4 is 0 Å². The summed E-state index contributed by atoms with van der Waals surface area (Å²) in [6.07, 6.45) is 14.1. The molecule has 1 aliphatic carbocycles. The van der Waals surface area contributed by atoms with Gasteiger partial charge in [0.25, 0.3) is 0 Å². The van der Waals surface area contributed by atoms with E-state index in [-0.39, 0.29) is 11.8 Å². The number of H-pyrrole nitrogens is 2. The molecule has 2 N–H and O–H groups in total. The number of aromatic nitrogens is 8. The molecule has 5 aromatic heterocycles. The van der Waals surface area contributed by atoms with Crippen molar-refractivity contribution in [2.24, 2.45) is 5.92 Å². The van der Waals surface area contributed by atoms with E-state index < -0.39 is 0 Å². The van der Waals surface area contributed by atoms with Crippen LogP contribution in [0.25, 0.3) is 64.8 Å². The second-order valence-electron chi connectivity index (χ2n) is 9.92. The SMILES string of the molecule is O=C(C1CCCCC1)n1c2cncc(c2)c2cc3c(cn2)[nH][nH]c-3c2nc3cncc(c4ccc1s4)c3n2. The molecule has 0 saturated heterocycles. The van der Waals surface area contributed by atoms with E-state index in [4.69, 9.17) is 15.0 Å². The van der Waals surface area contributed by atoms with E-state index in [0.29, 0.717) is 5.65 Å². The number of nitrogens with one attached hydrogen (secondary N) is 2. The van der Waals surface area contributed by atoms with Crippen molar-refractivity contribution in [2.45, 2.75) is 32.1 Å². The third-order valence-electron chi connectivity index (χ3n) is 7.59. The highest BCUT2D eigenvalue weighted by Gasteiger charge is 2.24. The van der Waals surface area contributed by atoms with Gasteiger partial charge in [-0.1, -0.05) is 19.3 Å². The van der Waals surface area contributed by atoms with E-state index in [1.54, 1.807) is 36.1 Å². The Morgan fingerprint density at radius 1 is 0.921 bits per heavy atom. The Balaban J connectivity index is 1.54. The second kappa shape index (κ2) is 8.29. The molecule has 1 saturated carbocycles. The first kappa shape index (κ1) is 21.6. The highest BCUT2D eigenvalue weighted by atomic mass is 32.1. The molecule has 186 valence electrons. The lowest BCUT2D eigenvalue weighted by Gasteiger charge is -2.21. The summed E-state index contributed by atoms with van der Waals surface area (Å²) in [4.78, 5) is 38.3. The summed E-state index contributed by atoms with van der Waals surface area (Å²) in [6.45, 7) is 0. The summed E-state index contributed by atoms with van der Waals surface area (Å²) in [6, 6.07) is 8.07. The molecule has 38 heavy (non-hydrogen) atoms. The van der Waals surface area contributed by atoms with Gasteiger partial charge in [-0.2, -0.15) is 0 Å².